The summed E-state index contributed by atoms with van der Waals surface area (Å²) in [6, 6.07) is 0. The summed E-state index contributed by atoms with van der Waals surface area (Å²) in [5, 5.41) is 3.52. The topological polar surface area (TPSA) is 12.0 Å². The second-order valence-corrected chi connectivity index (χ2v) is 4.98. The molecule has 0 aliphatic rings. The van der Waals surface area contributed by atoms with Gasteiger partial charge in [0.1, 0.15) is 0 Å². The van der Waals surface area contributed by atoms with Crippen molar-refractivity contribution >= 4 is 15.9 Å². The van der Waals surface area contributed by atoms with E-state index in [-0.39, 0.29) is 0 Å². The highest BCUT2D eigenvalue weighted by Crippen LogP contribution is 2.08. The van der Waals surface area contributed by atoms with Gasteiger partial charge in [-0.15, -0.1) is 0 Å². The van der Waals surface area contributed by atoms with Crippen LogP contribution in [0.15, 0.2) is 0 Å². The molecule has 0 aromatic rings. The lowest BCUT2D eigenvalue weighted by Gasteiger charge is -2.14. The molecular formula is C11H24BrN. The molecule has 0 amide bonds. The first-order valence-electron chi connectivity index (χ1n) is 5.59. The third kappa shape index (κ3) is 7.51. The second-order valence-electron chi connectivity index (χ2n) is 3.68. The van der Waals surface area contributed by atoms with Gasteiger partial charge in [-0.2, -0.15) is 0 Å². The number of hydrogen-bond acceptors (Lipinski definition) is 1. The minimum Gasteiger partial charge on any atom is -0.316 e. The molecule has 0 aromatic heterocycles. The average molecular weight is 250 g/mol. The third-order valence-electron chi connectivity index (χ3n) is 2.67. The largest absolute Gasteiger partial charge is 0.316 e. The van der Waals surface area contributed by atoms with Crippen molar-refractivity contribution in [3.05, 3.63) is 0 Å². The molecule has 0 saturated carbocycles. The van der Waals surface area contributed by atoms with Gasteiger partial charge in [0.05, 0.1) is 0 Å². The molecule has 0 heterocycles. The Labute approximate surface area is 91.8 Å². The number of hydrogen-bond donors (Lipinski definition) is 1. The van der Waals surface area contributed by atoms with Gasteiger partial charge in [0, 0.05) is 4.83 Å². The van der Waals surface area contributed by atoms with Crippen LogP contribution in [-0.2, 0) is 0 Å². The normalized spacial score (nSPS) is 13.6. The molecule has 1 unspecified atom stereocenters. The predicted molar refractivity (Wildman–Crippen MR) is 64.6 cm³/mol. The van der Waals surface area contributed by atoms with E-state index in [4.69, 9.17) is 0 Å². The van der Waals surface area contributed by atoms with Gasteiger partial charge in [-0.05, 0) is 31.8 Å². The van der Waals surface area contributed by atoms with Crippen LogP contribution in [0.3, 0.4) is 0 Å². The van der Waals surface area contributed by atoms with E-state index in [1.807, 2.05) is 0 Å². The fraction of sp³-hybridized carbons (Fsp3) is 1.00. The molecule has 0 fully saturated rings. The summed E-state index contributed by atoms with van der Waals surface area (Å²) >= 11 is 3.64. The minimum absolute atomic E-state index is 0.696. The van der Waals surface area contributed by atoms with Gasteiger partial charge in [0.2, 0.25) is 0 Å². The first kappa shape index (κ1) is 13.4. The summed E-state index contributed by atoms with van der Waals surface area (Å²) in [5.74, 6) is 0.871. The Hall–Kier alpha value is 0.440. The summed E-state index contributed by atoms with van der Waals surface area (Å²) in [6.45, 7) is 9.11. The van der Waals surface area contributed by atoms with Crippen LogP contribution >= 0.6 is 15.9 Å². The van der Waals surface area contributed by atoms with Gasteiger partial charge in [0.25, 0.3) is 0 Å². The van der Waals surface area contributed by atoms with Crippen LogP contribution in [0.5, 0.6) is 0 Å². The minimum atomic E-state index is 0.696. The van der Waals surface area contributed by atoms with E-state index in [1.165, 1.54) is 32.2 Å². The molecule has 0 spiro atoms. The SMILES string of the molecule is CCC(Br)CCNCC(CC)CC. The number of halogens is 1. The molecule has 1 atom stereocenters. The molecule has 0 rings (SSSR count). The highest BCUT2D eigenvalue weighted by atomic mass is 79.9. The Morgan fingerprint density at radius 1 is 1.08 bits per heavy atom. The zero-order valence-corrected chi connectivity index (χ0v) is 10.9. The maximum Gasteiger partial charge on any atom is 0.0155 e. The van der Waals surface area contributed by atoms with Crippen LogP contribution in [0.25, 0.3) is 0 Å². The molecule has 13 heavy (non-hydrogen) atoms. The summed E-state index contributed by atoms with van der Waals surface area (Å²) in [6.07, 6.45) is 5.08. The maximum absolute atomic E-state index is 3.64. The Balaban J connectivity index is 3.23. The molecule has 0 aromatic carbocycles. The van der Waals surface area contributed by atoms with Crippen molar-refractivity contribution in [2.24, 2.45) is 5.92 Å². The molecule has 1 nitrogen and oxygen atoms in total. The summed E-state index contributed by atoms with van der Waals surface area (Å²) in [4.78, 5) is 0.696. The summed E-state index contributed by atoms with van der Waals surface area (Å²) in [5.41, 5.74) is 0. The van der Waals surface area contributed by atoms with E-state index in [0.717, 1.165) is 12.5 Å². The fourth-order valence-corrected chi connectivity index (χ4v) is 1.58. The lowest BCUT2D eigenvalue weighted by atomic mass is 10.0. The van der Waals surface area contributed by atoms with E-state index < -0.39 is 0 Å². The van der Waals surface area contributed by atoms with Crippen LogP contribution < -0.4 is 5.32 Å². The van der Waals surface area contributed by atoms with E-state index in [1.54, 1.807) is 0 Å². The van der Waals surface area contributed by atoms with E-state index in [9.17, 15) is 0 Å². The molecular weight excluding hydrogens is 226 g/mol. The fourth-order valence-electron chi connectivity index (χ4n) is 1.35. The molecule has 0 aliphatic carbocycles. The van der Waals surface area contributed by atoms with Crippen molar-refractivity contribution in [1.82, 2.24) is 5.32 Å². The summed E-state index contributed by atoms with van der Waals surface area (Å²) in [7, 11) is 0. The van der Waals surface area contributed by atoms with Gasteiger partial charge < -0.3 is 5.32 Å². The zero-order chi connectivity index (χ0) is 10.1. The summed E-state index contributed by atoms with van der Waals surface area (Å²) < 4.78 is 0. The molecule has 0 saturated heterocycles. The third-order valence-corrected chi connectivity index (χ3v) is 3.77. The first-order chi connectivity index (χ1) is 6.24. The van der Waals surface area contributed by atoms with Crippen molar-refractivity contribution in [2.45, 2.75) is 51.3 Å². The highest BCUT2D eigenvalue weighted by molar-refractivity contribution is 9.09. The van der Waals surface area contributed by atoms with Crippen LogP contribution in [0.4, 0.5) is 0 Å². The second kappa shape index (κ2) is 9.01. The molecule has 2 heteroatoms. The Kier molecular flexibility index (Phi) is 9.32. The lowest BCUT2D eigenvalue weighted by molar-refractivity contribution is 0.447. The predicted octanol–water partition coefficient (Wildman–Crippen LogP) is 3.58. The van der Waals surface area contributed by atoms with E-state index in [0.29, 0.717) is 4.83 Å². The average Bonchev–Trinajstić information content (AvgIpc) is 2.18. The van der Waals surface area contributed by atoms with Crippen LogP contribution in [0.2, 0.25) is 0 Å². The Bertz CT molecular complexity index is 102. The molecule has 80 valence electrons. The monoisotopic (exact) mass is 249 g/mol. The first-order valence-corrected chi connectivity index (χ1v) is 6.50. The smallest absolute Gasteiger partial charge is 0.0155 e. The van der Waals surface area contributed by atoms with Gasteiger partial charge >= 0.3 is 0 Å². The number of alkyl halides is 1. The van der Waals surface area contributed by atoms with Crippen molar-refractivity contribution in [2.75, 3.05) is 13.1 Å². The lowest BCUT2D eigenvalue weighted by Crippen LogP contribution is -2.24. The van der Waals surface area contributed by atoms with Gasteiger partial charge in [-0.3, -0.25) is 0 Å². The van der Waals surface area contributed by atoms with Crippen molar-refractivity contribution in [1.29, 1.82) is 0 Å². The molecule has 1 N–H and O–H groups in total. The van der Waals surface area contributed by atoms with Crippen LogP contribution in [0.1, 0.15) is 46.5 Å². The van der Waals surface area contributed by atoms with Crippen LogP contribution in [-0.4, -0.2) is 17.9 Å². The Morgan fingerprint density at radius 2 is 1.69 bits per heavy atom. The van der Waals surface area contributed by atoms with Crippen LogP contribution in [0, 0.1) is 5.92 Å². The van der Waals surface area contributed by atoms with Crippen molar-refractivity contribution in [3.63, 3.8) is 0 Å². The highest BCUT2D eigenvalue weighted by Gasteiger charge is 2.03. The zero-order valence-electron chi connectivity index (χ0n) is 9.28. The van der Waals surface area contributed by atoms with Crippen molar-refractivity contribution in [3.8, 4) is 0 Å². The molecule has 0 aliphatic heterocycles. The Morgan fingerprint density at radius 3 is 2.15 bits per heavy atom. The number of rotatable bonds is 8. The number of nitrogens with one attached hydrogen (secondary N) is 1. The van der Waals surface area contributed by atoms with E-state index in [2.05, 4.69) is 42.0 Å². The van der Waals surface area contributed by atoms with Gasteiger partial charge in [-0.25, -0.2) is 0 Å². The molecule has 0 bridgehead atoms. The quantitative estimate of drug-likeness (QED) is 0.513. The van der Waals surface area contributed by atoms with Gasteiger partial charge in [0.15, 0.2) is 0 Å². The van der Waals surface area contributed by atoms with E-state index >= 15 is 0 Å². The molecule has 0 radical (unpaired) electrons. The van der Waals surface area contributed by atoms with Gasteiger partial charge in [-0.1, -0.05) is 49.5 Å². The van der Waals surface area contributed by atoms with Crippen molar-refractivity contribution < 1.29 is 0 Å². The standard InChI is InChI=1S/C11H24BrN/c1-4-10(5-2)9-13-8-7-11(12)6-3/h10-11,13H,4-9H2,1-3H3. The maximum atomic E-state index is 3.64.